The van der Waals surface area contributed by atoms with E-state index in [2.05, 4.69) is 14.6 Å². The largest absolute Gasteiger partial charge is 0.470 e. The van der Waals surface area contributed by atoms with Crippen molar-refractivity contribution in [3.63, 3.8) is 0 Å². The first-order valence-corrected chi connectivity index (χ1v) is 3.03. The molecule has 0 aromatic carbocycles. The third-order valence-corrected chi connectivity index (χ3v) is 1.05. The Morgan fingerprint density at radius 2 is 2.00 bits per heavy atom. The molecule has 3 nitrogen and oxygen atoms in total. The van der Waals surface area contributed by atoms with E-state index in [0.29, 0.717) is 0 Å². The summed E-state index contributed by atoms with van der Waals surface area (Å²) in [5.74, 6) is -1.82. The summed E-state index contributed by atoms with van der Waals surface area (Å²) in [6.07, 6.45) is -4.59. The highest BCUT2D eigenvalue weighted by Gasteiger charge is 2.37. The topological polar surface area (TPSA) is 38.9 Å². The van der Waals surface area contributed by atoms with Gasteiger partial charge in [-0.2, -0.15) is 13.2 Å². The first kappa shape index (κ1) is 8.32. The van der Waals surface area contributed by atoms with Gasteiger partial charge < -0.3 is 4.42 Å². The van der Waals surface area contributed by atoms with Gasteiger partial charge in [0.05, 0.1) is 0 Å². The van der Waals surface area contributed by atoms with Crippen LogP contribution in [0, 0.1) is 0 Å². The van der Waals surface area contributed by atoms with Crippen LogP contribution in [0.3, 0.4) is 0 Å². The lowest BCUT2D eigenvalue weighted by molar-refractivity contribution is -0.157. The maximum Gasteiger partial charge on any atom is 0.470 e. The van der Waals surface area contributed by atoms with E-state index in [4.69, 9.17) is 11.6 Å². The van der Waals surface area contributed by atoms with Gasteiger partial charge in [-0.3, -0.25) is 0 Å². The van der Waals surface area contributed by atoms with Gasteiger partial charge in [-0.25, -0.2) is 0 Å². The minimum Gasteiger partial charge on any atom is -0.416 e. The molecule has 0 bridgehead atoms. The van der Waals surface area contributed by atoms with Crippen LogP contribution in [-0.4, -0.2) is 10.2 Å². The zero-order valence-electron chi connectivity index (χ0n) is 5.02. The molecule has 0 saturated heterocycles. The molecule has 0 N–H and O–H groups in total. The molecule has 1 heterocycles. The molecule has 0 radical (unpaired) electrons. The van der Waals surface area contributed by atoms with Crippen molar-refractivity contribution in [2.24, 2.45) is 0 Å². The summed E-state index contributed by atoms with van der Waals surface area (Å²) in [5, 5.41) is 5.76. The lowest BCUT2D eigenvalue weighted by atomic mass is 10.7. The maximum absolute atomic E-state index is 11.7. The monoisotopic (exact) mass is 186 g/mol. The molecule has 0 fully saturated rings. The van der Waals surface area contributed by atoms with E-state index < -0.39 is 12.1 Å². The third kappa shape index (κ3) is 1.83. The van der Waals surface area contributed by atoms with Crippen LogP contribution in [0.25, 0.3) is 0 Å². The van der Waals surface area contributed by atoms with E-state index in [-0.39, 0.29) is 11.8 Å². The summed E-state index contributed by atoms with van der Waals surface area (Å²) in [4.78, 5) is 0. The van der Waals surface area contributed by atoms with Crippen molar-refractivity contribution < 1.29 is 17.6 Å². The van der Waals surface area contributed by atoms with Gasteiger partial charge in [-0.1, -0.05) is 0 Å². The Kier molecular flexibility index (Phi) is 2.03. The van der Waals surface area contributed by atoms with Gasteiger partial charge in [-0.15, -0.1) is 21.8 Å². The molecule has 1 aromatic rings. The third-order valence-electron chi connectivity index (χ3n) is 0.824. The molecule has 1 rings (SSSR count). The molecule has 11 heavy (non-hydrogen) atoms. The Balaban J connectivity index is 2.89. The molecule has 62 valence electrons. The average Bonchev–Trinajstić information content (AvgIpc) is 2.32. The SMILES string of the molecule is FC(F)(F)c1nnc(CCl)o1. The average molecular weight is 187 g/mol. The zero-order chi connectivity index (χ0) is 8.48. The second-order valence-corrected chi connectivity index (χ2v) is 1.90. The normalized spacial score (nSPS) is 12.0. The van der Waals surface area contributed by atoms with Gasteiger partial charge in [0.1, 0.15) is 5.88 Å². The number of alkyl halides is 4. The highest BCUT2D eigenvalue weighted by molar-refractivity contribution is 6.16. The van der Waals surface area contributed by atoms with Crippen LogP contribution in [-0.2, 0) is 12.1 Å². The molecule has 0 amide bonds. The van der Waals surface area contributed by atoms with Crippen LogP contribution in [0.1, 0.15) is 11.8 Å². The van der Waals surface area contributed by atoms with Crippen molar-refractivity contribution in [2.75, 3.05) is 0 Å². The lowest BCUT2D eigenvalue weighted by Crippen LogP contribution is -2.04. The summed E-state index contributed by atoms with van der Waals surface area (Å²) in [6.45, 7) is 0. The van der Waals surface area contributed by atoms with Crippen LogP contribution >= 0.6 is 11.6 Å². The van der Waals surface area contributed by atoms with Gasteiger partial charge in [0.2, 0.25) is 5.89 Å². The van der Waals surface area contributed by atoms with Gasteiger partial charge in [-0.05, 0) is 0 Å². The Hall–Kier alpha value is -0.780. The Bertz CT molecular complexity index is 246. The molecule has 0 saturated carbocycles. The number of hydrogen-bond acceptors (Lipinski definition) is 3. The van der Waals surface area contributed by atoms with Crippen LogP contribution in [0.4, 0.5) is 13.2 Å². The fraction of sp³-hybridized carbons (Fsp3) is 0.500. The van der Waals surface area contributed by atoms with Crippen LogP contribution in [0.15, 0.2) is 4.42 Å². The summed E-state index contributed by atoms with van der Waals surface area (Å²) in [5.41, 5.74) is 0. The molecule has 0 atom stereocenters. The minimum absolute atomic E-state index is 0.219. The van der Waals surface area contributed by atoms with E-state index >= 15 is 0 Å². The first-order valence-electron chi connectivity index (χ1n) is 2.49. The number of aromatic nitrogens is 2. The molecule has 0 unspecified atom stereocenters. The van der Waals surface area contributed by atoms with Gasteiger partial charge in [0, 0.05) is 0 Å². The molecule has 0 spiro atoms. The second-order valence-electron chi connectivity index (χ2n) is 1.63. The highest BCUT2D eigenvalue weighted by Crippen LogP contribution is 2.27. The quantitative estimate of drug-likeness (QED) is 0.628. The summed E-state index contributed by atoms with van der Waals surface area (Å²) < 4.78 is 39.2. The van der Waals surface area contributed by atoms with E-state index in [9.17, 15) is 13.2 Å². The van der Waals surface area contributed by atoms with Crippen molar-refractivity contribution in [1.82, 2.24) is 10.2 Å². The van der Waals surface area contributed by atoms with Crippen molar-refractivity contribution in [3.05, 3.63) is 11.8 Å². The number of halogens is 4. The molecular weight excluding hydrogens is 185 g/mol. The van der Waals surface area contributed by atoms with E-state index in [0.717, 1.165) is 0 Å². The molecule has 0 aliphatic carbocycles. The van der Waals surface area contributed by atoms with Gasteiger partial charge in [0.15, 0.2) is 0 Å². The Morgan fingerprint density at radius 1 is 1.36 bits per heavy atom. The van der Waals surface area contributed by atoms with Crippen molar-refractivity contribution in [1.29, 1.82) is 0 Å². The van der Waals surface area contributed by atoms with Crippen molar-refractivity contribution in [2.45, 2.75) is 12.1 Å². The summed E-state index contributed by atoms with van der Waals surface area (Å²) >= 11 is 5.13. The van der Waals surface area contributed by atoms with Crippen LogP contribution in [0.2, 0.25) is 0 Å². The smallest absolute Gasteiger partial charge is 0.416 e. The minimum atomic E-state index is -4.59. The van der Waals surface area contributed by atoms with Crippen molar-refractivity contribution in [3.8, 4) is 0 Å². The summed E-state index contributed by atoms with van der Waals surface area (Å²) in [6, 6.07) is 0. The Morgan fingerprint density at radius 3 is 2.27 bits per heavy atom. The van der Waals surface area contributed by atoms with E-state index in [1.807, 2.05) is 0 Å². The summed E-state index contributed by atoms with van der Waals surface area (Å²) in [7, 11) is 0. The molecule has 1 aromatic heterocycles. The van der Waals surface area contributed by atoms with Crippen LogP contribution in [0.5, 0.6) is 0 Å². The standard InChI is InChI=1S/C4H2ClF3N2O/c5-1-2-9-10-3(11-2)4(6,7)8/h1H2. The molecule has 7 heteroatoms. The van der Waals surface area contributed by atoms with Gasteiger partial charge >= 0.3 is 12.1 Å². The van der Waals surface area contributed by atoms with Crippen molar-refractivity contribution >= 4 is 11.6 Å². The van der Waals surface area contributed by atoms with E-state index in [1.165, 1.54) is 0 Å². The molecular formula is C4H2ClF3N2O. The predicted molar refractivity (Wildman–Crippen MR) is 28.9 cm³/mol. The van der Waals surface area contributed by atoms with Gasteiger partial charge in [0.25, 0.3) is 0 Å². The second kappa shape index (κ2) is 2.69. The molecule has 0 aliphatic rings. The first-order chi connectivity index (χ1) is 5.04. The molecule has 0 aliphatic heterocycles. The fourth-order valence-corrected chi connectivity index (χ4v) is 0.530. The lowest BCUT2D eigenvalue weighted by Gasteiger charge is -1.96. The van der Waals surface area contributed by atoms with E-state index in [1.54, 1.807) is 0 Å². The fourth-order valence-electron chi connectivity index (χ4n) is 0.422. The highest BCUT2D eigenvalue weighted by atomic mass is 35.5. The number of hydrogen-bond donors (Lipinski definition) is 0. The maximum atomic E-state index is 11.7. The zero-order valence-corrected chi connectivity index (χ0v) is 5.78. The Labute approximate surface area is 64.2 Å². The number of rotatable bonds is 1. The van der Waals surface area contributed by atoms with Crippen LogP contribution < -0.4 is 0 Å². The number of nitrogens with zero attached hydrogens (tertiary/aromatic N) is 2. The predicted octanol–water partition coefficient (Wildman–Crippen LogP) is 1.83.